The van der Waals surface area contributed by atoms with Crippen LogP contribution in [0.2, 0.25) is 0 Å². The molecule has 0 unspecified atom stereocenters. The van der Waals surface area contributed by atoms with Gasteiger partial charge in [0.15, 0.2) is 11.5 Å². The molecule has 27 heavy (non-hydrogen) atoms. The Morgan fingerprint density at radius 2 is 1.85 bits per heavy atom. The molecular formula is C18H19BrN2O5S. The molecule has 0 bridgehead atoms. The van der Waals surface area contributed by atoms with Crippen molar-refractivity contribution >= 4 is 37.5 Å². The van der Waals surface area contributed by atoms with E-state index in [1.807, 2.05) is 13.0 Å². The average Bonchev–Trinajstić information content (AvgIpc) is 2.64. The normalized spacial score (nSPS) is 13.5. The van der Waals surface area contributed by atoms with Gasteiger partial charge in [0.2, 0.25) is 15.9 Å². The van der Waals surface area contributed by atoms with Crippen molar-refractivity contribution in [3.05, 3.63) is 46.4 Å². The molecule has 0 fully saturated rings. The Bertz CT molecular complexity index is 978. The Hall–Kier alpha value is -2.10. The number of anilines is 1. The fourth-order valence-corrected chi connectivity index (χ4v) is 3.96. The molecule has 0 radical (unpaired) electrons. The van der Waals surface area contributed by atoms with Gasteiger partial charge in [-0.05, 0) is 42.8 Å². The lowest BCUT2D eigenvalue weighted by Crippen LogP contribution is -2.35. The largest absolute Gasteiger partial charge is 0.486 e. The van der Waals surface area contributed by atoms with E-state index in [9.17, 15) is 13.2 Å². The number of ether oxygens (including phenoxy) is 2. The van der Waals surface area contributed by atoms with E-state index in [0.29, 0.717) is 30.4 Å². The highest BCUT2D eigenvalue weighted by Gasteiger charge is 2.25. The van der Waals surface area contributed by atoms with Crippen molar-refractivity contribution < 1.29 is 22.7 Å². The summed E-state index contributed by atoms with van der Waals surface area (Å²) in [5.74, 6) is 0.456. The second-order valence-electron chi connectivity index (χ2n) is 6.08. The fourth-order valence-electron chi connectivity index (χ4n) is 2.57. The highest BCUT2D eigenvalue weighted by Crippen LogP contribution is 2.33. The lowest BCUT2D eigenvalue weighted by atomic mass is 10.2. The number of rotatable bonds is 5. The molecule has 0 aliphatic carbocycles. The third-order valence-electron chi connectivity index (χ3n) is 4.03. The molecule has 0 saturated carbocycles. The van der Waals surface area contributed by atoms with E-state index in [1.165, 1.54) is 19.2 Å². The van der Waals surface area contributed by atoms with Crippen LogP contribution in [0.25, 0.3) is 0 Å². The molecule has 2 aromatic rings. The Kier molecular flexibility index (Phi) is 5.73. The van der Waals surface area contributed by atoms with Crippen molar-refractivity contribution in [2.75, 3.05) is 32.1 Å². The number of hydrogen-bond acceptors (Lipinski definition) is 5. The maximum absolute atomic E-state index is 12.7. The van der Waals surface area contributed by atoms with Gasteiger partial charge in [0.05, 0.1) is 11.4 Å². The van der Waals surface area contributed by atoms with Gasteiger partial charge in [0.25, 0.3) is 0 Å². The first-order valence-electron chi connectivity index (χ1n) is 8.19. The molecule has 2 aromatic carbocycles. The summed E-state index contributed by atoms with van der Waals surface area (Å²) >= 11 is 3.39. The van der Waals surface area contributed by atoms with Gasteiger partial charge in [-0.15, -0.1) is 0 Å². The SMILES string of the molecule is Cc1cc(NC(=O)CN(C)S(=O)(=O)c2ccc3c(c2)OCCO3)ccc1Br. The molecule has 1 heterocycles. The average molecular weight is 455 g/mol. The number of nitrogens with one attached hydrogen (secondary N) is 1. The van der Waals surface area contributed by atoms with Crippen LogP contribution in [0.15, 0.2) is 45.8 Å². The third-order valence-corrected chi connectivity index (χ3v) is 6.72. The van der Waals surface area contributed by atoms with E-state index in [-0.39, 0.29) is 11.4 Å². The molecule has 3 rings (SSSR count). The lowest BCUT2D eigenvalue weighted by molar-refractivity contribution is -0.116. The topological polar surface area (TPSA) is 84.9 Å². The molecule has 0 spiro atoms. The van der Waals surface area contributed by atoms with Crippen LogP contribution in [0, 0.1) is 6.92 Å². The van der Waals surface area contributed by atoms with Gasteiger partial charge in [-0.25, -0.2) is 8.42 Å². The molecule has 9 heteroatoms. The summed E-state index contributed by atoms with van der Waals surface area (Å²) < 4.78 is 38.3. The minimum absolute atomic E-state index is 0.0431. The summed E-state index contributed by atoms with van der Waals surface area (Å²) in [5, 5.41) is 2.70. The Labute approximate surface area is 166 Å². The Morgan fingerprint density at radius 3 is 2.56 bits per heavy atom. The number of halogens is 1. The molecule has 1 aliphatic rings. The van der Waals surface area contributed by atoms with Crippen LogP contribution < -0.4 is 14.8 Å². The van der Waals surface area contributed by atoms with Crippen molar-refractivity contribution in [1.82, 2.24) is 4.31 Å². The van der Waals surface area contributed by atoms with E-state index >= 15 is 0 Å². The first kappa shape index (κ1) is 19.7. The molecule has 144 valence electrons. The van der Waals surface area contributed by atoms with Gasteiger partial charge in [0, 0.05) is 23.3 Å². The van der Waals surface area contributed by atoms with Crippen LogP contribution in [-0.2, 0) is 14.8 Å². The van der Waals surface area contributed by atoms with E-state index < -0.39 is 15.9 Å². The number of aryl methyl sites for hydroxylation is 1. The summed E-state index contributed by atoms with van der Waals surface area (Å²) in [7, 11) is -2.49. The maximum Gasteiger partial charge on any atom is 0.243 e. The van der Waals surface area contributed by atoms with Crippen molar-refractivity contribution in [3.63, 3.8) is 0 Å². The quantitative estimate of drug-likeness (QED) is 0.750. The smallest absolute Gasteiger partial charge is 0.243 e. The van der Waals surface area contributed by atoms with Crippen LogP contribution in [0.5, 0.6) is 11.5 Å². The first-order chi connectivity index (χ1) is 12.8. The number of carbonyl (C=O) groups excluding carboxylic acids is 1. The number of likely N-dealkylation sites (N-methyl/N-ethyl adjacent to an activating group) is 1. The first-order valence-corrected chi connectivity index (χ1v) is 10.4. The monoisotopic (exact) mass is 454 g/mol. The number of fused-ring (bicyclic) bond motifs is 1. The van der Waals surface area contributed by atoms with Gasteiger partial charge in [-0.1, -0.05) is 15.9 Å². The standard InChI is InChI=1S/C18H19BrN2O5S/c1-12-9-13(3-5-15(12)19)20-18(22)11-21(2)27(23,24)14-4-6-16-17(10-14)26-8-7-25-16/h3-6,9-10H,7-8,11H2,1-2H3,(H,20,22). The van der Waals surface area contributed by atoms with E-state index in [1.54, 1.807) is 18.2 Å². The van der Waals surface area contributed by atoms with Crippen LogP contribution in [0.4, 0.5) is 5.69 Å². The number of benzene rings is 2. The lowest BCUT2D eigenvalue weighted by Gasteiger charge is -2.21. The molecule has 1 N–H and O–H groups in total. The second kappa shape index (κ2) is 7.87. The van der Waals surface area contributed by atoms with Crippen molar-refractivity contribution in [2.45, 2.75) is 11.8 Å². The maximum atomic E-state index is 12.7. The molecular weight excluding hydrogens is 436 g/mol. The van der Waals surface area contributed by atoms with Gasteiger partial charge in [0.1, 0.15) is 13.2 Å². The minimum Gasteiger partial charge on any atom is -0.486 e. The zero-order valence-corrected chi connectivity index (χ0v) is 17.3. The number of nitrogens with zero attached hydrogens (tertiary/aromatic N) is 1. The summed E-state index contributed by atoms with van der Waals surface area (Å²) in [6.07, 6.45) is 0. The molecule has 0 atom stereocenters. The zero-order chi connectivity index (χ0) is 19.6. The van der Waals surface area contributed by atoms with Crippen molar-refractivity contribution in [2.24, 2.45) is 0 Å². The van der Waals surface area contributed by atoms with Gasteiger partial charge >= 0.3 is 0 Å². The second-order valence-corrected chi connectivity index (χ2v) is 8.98. The van der Waals surface area contributed by atoms with Crippen molar-refractivity contribution in [1.29, 1.82) is 0 Å². The predicted octanol–water partition coefficient (Wildman–Crippen LogP) is 2.79. The van der Waals surface area contributed by atoms with E-state index in [0.717, 1.165) is 14.3 Å². The zero-order valence-electron chi connectivity index (χ0n) is 14.9. The number of sulfonamides is 1. The highest BCUT2D eigenvalue weighted by molar-refractivity contribution is 9.10. The van der Waals surface area contributed by atoms with Crippen LogP contribution in [0.3, 0.4) is 0 Å². The molecule has 0 aromatic heterocycles. The number of hydrogen-bond donors (Lipinski definition) is 1. The van der Waals surface area contributed by atoms with Gasteiger partial charge in [-0.3, -0.25) is 4.79 Å². The molecule has 7 nitrogen and oxygen atoms in total. The summed E-state index contributed by atoms with van der Waals surface area (Å²) in [6, 6.07) is 9.77. The molecule has 1 aliphatic heterocycles. The van der Waals surface area contributed by atoms with Crippen LogP contribution >= 0.6 is 15.9 Å². The fraction of sp³-hybridized carbons (Fsp3) is 0.278. The molecule has 1 amide bonds. The van der Waals surface area contributed by atoms with E-state index in [4.69, 9.17) is 9.47 Å². The number of carbonyl (C=O) groups is 1. The van der Waals surface area contributed by atoms with E-state index in [2.05, 4.69) is 21.2 Å². The Balaban J connectivity index is 1.71. The van der Waals surface area contributed by atoms with Crippen molar-refractivity contribution in [3.8, 4) is 11.5 Å². The minimum atomic E-state index is -3.85. The van der Waals surface area contributed by atoms with Crippen LogP contribution in [-0.4, -0.2) is 45.4 Å². The summed E-state index contributed by atoms with van der Waals surface area (Å²) in [5.41, 5.74) is 1.57. The highest BCUT2D eigenvalue weighted by atomic mass is 79.9. The predicted molar refractivity (Wildman–Crippen MR) is 105 cm³/mol. The summed E-state index contributed by atoms with van der Waals surface area (Å²) in [4.78, 5) is 12.3. The summed E-state index contributed by atoms with van der Waals surface area (Å²) in [6.45, 7) is 2.38. The third kappa shape index (κ3) is 4.42. The van der Waals surface area contributed by atoms with Gasteiger partial charge < -0.3 is 14.8 Å². The number of amides is 1. The Morgan fingerprint density at radius 1 is 1.15 bits per heavy atom. The van der Waals surface area contributed by atoms with Gasteiger partial charge in [-0.2, -0.15) is 4.31 Å². The van der Waals surface area contributed by atoms with Crippen LogP contribution in [0.1, 0.15) is 5.56 Å². The molecule has 0 saturated heterocycles.